The Hall–Kier alpha value is 0.460. The van der Waals surface area contributed by atoms with Crippen molar-refractivity contribution in [1.29, 1.82) is 0 Å². The largest absolute Gasteiger partial charge is 1.00 e. The molecule has 2 aromatic heterocycles. The smallest absolute Gasteiger partial charge is 0.169 e. The number of hydrogen-bond donors (Lipinski definition) is 0. The van der Waals surface area contributed by atoms with E-state index >= 15 is 0 Å². The van der Waals surface area contributed by atoms with Gasteiger partial charge in [-0.25, -0.2) is 9.13 Å². The summed E-state index contributed by atoms with van der Waals surface area (Å²) in [5.41, 5.74) is 0. The van der Waals surface area contributed by atoms with E-state index in [2.05, 4.69) is 72.0 Å². The zero-order chi connectivity index (χ0) is 26.9. The molecule has 0 spiro atoms. The number of rotatable bonds is 25. The molecule has 0 atom stereocenters. The molecule has 0 aliphatic rings. The Kier molecular flexibility index (Phi) is 29.9. The summed E-state index contributed by atoms with van der Waals surface area (Å²) in [4.78, 5) is 2.82. The Balaban J connectivity index is 0.00000760. The maximum Gasteiger partial charge on any atom is 0.169 e. The fourth-order valence-corrected chi connectivity index (χ4v) is 6.62. The van der Waals surface area contributed by atoms with Crippen LogP contribution < -0.4 is 57.1 Å². The highest BCUT2D eigenvalue weighted by Gasteiger charge is 2.04. The van der Waals surface area contributed by atoms with Crippen molar-refractivity contribution in [3.8, 4) is 0 Å². The summed E-state index contributed by atoms with van der Waals surface area (Å²) in [6, 6.07) is 9.21. The minimum Gasteiger partial charge on any atom is -1.00 e. The van der Waals surface area contributed by atoms with Crippen molar-refractivity contribution < 1.29 is 57.1 Å². The standard InChI is InChI=1S/C34H58N2S2.2HI/c1-3-5-7-9-11-13-15-17-25-35-27-21-33(22-28-35)37-31-19-20-32-38-34-23-29-36(30-24-34)26-18-16-14-12-10-8-6-4-2;;/h21-24,27-30H,3-20,25-26,31-32H2,1-2H3;2*1H/q+2;;/p-2. The van der Waals surface area contributed by atoms with Crippen LogP contribution in [0.4, 0.5) is 0 Å². The Labute approximate surface area is 291 Å². The fourth-order valence-electron chi connectivity index (χ4n) is 4.82. The van der Waals surface area contributed by atoms with Crippen LogP contribution in [0.3, 0.4) is 0 Å². The third kappa shape index (κ3) is 22.1. The third-order valence-electron chi connectivity index (χ3n) is 7.34. The van der Waals surface area contributed by atoms with Crippen molar-refractivity contribution in [1.82, 2.24) is 0 Å². The van der Waals surface area contributed by atoms with Gasteiger partial charge in [0.25, 0.3) is 0 Å². The lowest BCUT2D eigenvalue weighted by atomic mass is 10.1. The van der Waals surface area contributed by atoms with Gasteiger partial charge >= 0.3 is 0 Å². The van der Waals surface area contributed by atoms with Crippen LogP contribution in [0.2, 0.25) is 0 Å². The lowest BCUT2D eigenvalue weighted by Gasteiger charge is -2.04. The Morgan fingerprint density at radius 3 is 1.05 bits per heavy atom. The van der Waals surface area contributed by atoms with E-state index < -0.39 is 0 Å². The van der Waals surface area contributed by atoms with Crippen LogP contribution in [0.5, 0.6) is 0 Å². The van der Waals surface area contributed by atoms with Gasteiger partial charge in [0.1, 0.15) is 13.1 Å². The van der Waals surface area contributed by atoms with Gasteiger partial charge in [0, 0.05) is 46.9 Å². The number of aryl methyl sites for hydroxylation is 2. The molecule has 2 rings (SSSR count). The summed E-state index contributed by atoms with van der Waals surface area (Å²) in [5.74, 6) is 2.44. The van der Waals surface area contributed by atoms with Crippen LogP contribution in [0.15, 0.2) is 58.8 Å². The highest BCUT2D eigenvalue weighted by Crippen LogP contribution is 2.21. The van der Waals surface area contributed by atoms with Crippen LogP contribution >= 0.6 is 23.5 Å². The number of nitrogens with zero attached hydrogens (tertiary/aromatic N) is 2. The fraction of sp³-hybridized carbons (Fsp3) is 0.706. The summed E-state index contributed by atoms with van der Waals surface area (Å²) < 4.78 is 4.72. The average molecular weight is 813 g/mol. The lowest BCUT2D eigenvalue weighted by molar-refractivity contribution is -0.697. The van der Waals surface area contributed by atoms with Crippen LogP contribution in [0, 0.1) is 0 Å². The zero-order valence-electron chi connectivity index (χ0n) is 25.6. The number of halogens is 2. The molecule has 0 aromatic carbocycles. The Morgan fingerprint density at radius 1 is 0.425 bits per heavy atom. The van der Waals surface area contributed by atoms with E-state index in [1.165, 1.54) is 137 Å². The summed E-state index contributed by atoms with van der Waals surface area (Å²) in [6.07, 6.45) is 33.9. The van der Waals surface area contributed by atoms with E-state index in [4.69, 9.17) is 0 Å². The van der Waals surface area contributed by atoms with Gasteiger partial charge in [-0.15, -0.1) is 23.5 Å². The molecule has 2 heterocycles. The van der Waals surface area contributed by atoms with Gasteiger partial charge in [-0.1, -0.05) is 90.9 Å². The van der Waals surface area contributed by atoms with Crippen LogP contribution in [0.25, 0.3) is 0 Å². The molecular formula is C34H58I2N2S2. The first kappa shape index (κ1) is 40.5. The number of thioether (sulfide) groups is 2. The molecule has 0 saturated heterocycles. The maximum absolute atomic E-state index is 2.36. The van der Waals surface area contributed by atoms with Gasteiger partial charge in [-0.2, -0.15) is 0 Å². The van der Waals surface area contributed by atoms with Crippen molar-refractivity contribution in [3.05, 3.63) is 49.1 Å². The molecule has 0 saturated carbocycles. The third-order valence-corrected chi connectivity index (χ3v) is 9.53. The first-order chi connectivity index (χ1) is 18.8. The molecule has 0 unspecified atom stereocenters. The second-order valence-electron chi connectivity index (χ2n) is 10.9. The van der Waals surface area contributed by atoms with E-state index in [0.29, 0.717) is 0 Å². The molecule has 0 N–H and O–H groups in total. The number of unbranched alkanes of at least 4 members (excludes halogenated alkanes) is 15. The van der Waals surface area contributed by atoms with E-state index in [0.717, 1.165) is 13.1 Å². The molecule has 0 amide bonds. The predicted molar refractivity (Wildman–Crippen MR) is 169 cm³/mol. The highest BCUT2D eigenvalue weighted by molar-refractivity contribution is 7.99. The van der Waals surface area contributed by atoms with Crippen molar-refractivity contribution in [2.24, 2.45) is 0 Å². The topological polar surface area (TPSA) is 7.76 Å². The maximum atomic E-state index is 2.36. The van der Waals surface area contributed by atoms with Gasteiger partial charge in [0.05, 0.1) is 0 Å². The van der Waals surface area contributed by atoms with Gasteiger partial charge in [-0.05, 0) is 37.2 Å². The van der Waals surface area contributed by atoms with Crippen LogP contribution in [0.1, 0.15) is 129 Å². The minimum atomic E-state index is 0. The number of hydrogen-bond acceptors (Lipinski definition) is 2. The SMILES string of the molecule is CCCCCCCCCC[n+]1ccc(SCCCCSc2cc[n+](CCCCCCCCCC)cc2)cc1.[I-].[I-]. The van der Waals surface area contributed by atoms with E-state index in [1.807, 2.05) is 23.5 Å². The summed E-state index contributed by atoms with van der Waals surface area (Å²) in [5, 5.41) is 0. The molecule has 40 heavy (non-hydrogen) atoms. The molecule has 2 aromatic rings. The number of aromatic nitrogens is 2. The molecule has 0 aliphatic heterocycles. The van der Waals surface area contributed by atoms with E-state index in [1.54, 1.807) is 0 Å². The first-order valence-corrected chi connectivity index (χ1v) is 18.0. The molecule has 2 nitrogen and oxygen atoms in total. The minimum absolute atomic E-state index is 0. The van der Waals surface area contributed by atoms with Crippen molar-refractivity contribution in [3.63, 3.8) is 0 Å². The average Bonchev–Trinajstić information content (AvgIpc) is 2.95. The Bertz CT molecular complexity index is 720. The van der Waals surface area contributed by atoms with E-state index in [-0.39, 0.29) is 48.0 Å². The molecule has 0 radical (unpaired) electrons. The molecular weight excluding hydrogens is 754 g/mol. The molecule has 0 bridgehead atoms. The van der Waals surface area contributed by atoms with Crippen molar-refractivity contribution in [2.75, 3.05) is 11.5 Å². The quantitative estimate of drug-likeness (QED) is 0.0644. The summed E-state index contributed by atoms with van der Waals surface area (Å²) >= 11 is 4.02. The zero-order valence-corrected chi connectivity index (χ0v) is 31.6. The first-order valence-electron chi connectivity index (χ1n) is 16.1. The highest BCUT2D eigenvalue weighted by atomic mass is 127. The summed E-state index contributed by atoms with van der Waals surface area (Å²) in [6.45, 7) is 6.91. The molecule has 6 heteroatoms. The second kappa shape index (κ2) is 29.5. The van der Waals surface area contributed by atoms with Gasteiger partial charge in [0.15, 0.2) is 24.8 Å². The number of pyridine rings is 2. The predicted octanol–water partition coefficient (Wildman–Crippen LogP) is 4.22. The molecule has 0 fully saturated rings. The molecule has 0 aliphatic carbocycles. The Morgan fingerprint density at radius 2 is 0.725 bits per heavy atom. The van der Waals surface area contributed by atoms with Crippen molar-refractivity contribution in [2.45, 2.75) is 152 Å². The van der Waals surface area contributed by atoms with Gasteiger partial charge < -0.3 is 48.0 Å². The van der Waals surface area contributed by atoms with Gasteiger partial charge in [-0.3, -0.25) is 0 Å². The second-order valence-corrected chi connectivity index (χ2v) is 13.2. The van der Waals surface area contributed by atoms with E-state index in [9.17, 15) is 0 Å². The lowest BCUT2D eigenvalue weighted by Crippen LogP contribution is -3.00. The van der Waals surface area contributed by atoms with Crippen LogP contribution in [-0.4, -0.2) is 11.5 Å². The van der Waals surface area contributed by atoms with Crippen molar-refractivity contribution >= 4 is 23.5 Å². The summed E-state index contributed by atoms with van der Waals surface area (Å²) in [7, 11) is 0. The van der Waals surface area contributed by atoms with Gasteiger partial charge in [0.2, 0.25) is 0 Å². The van der Waals surface area contributed by atoms with Crippen LogP contribution in [-0.2, 0) is 13.1 Å². The molecule has 230 valence electrons. The monoisotopic (exact) mass is 812 g/mol. The normalized spacial score (nSPS) is 10.8.